The molecular formula is C20H43N. The molecular weight excluding hydrogens is 254 g/mol. The Morgan fingerprint density at radius 3 is 1.14 bits per heavy atom. The normalized spacial score (nSPS) is 11.1. The third kappa shape index (κ3) is 20.0. The van der Waals surface area contributed by atoms with Crippen LogP contribution in [0.2, 0.25) is 0 Å². The zero-order chi connectivity index (χ0) is 15.4. The van der Waals surface area contributed by atoms with Crippen LogP contribution in [-0.4, -0.2) is 13.1 Å². The van der Waals surface area contributed by atoms with Gasteiger partial charge in [0, 0.05) is 0 Å². The van der Waals surface area contributed by atoms with Gasteiger partial charge in [-0.2, -0.15) is 0 Å². The van der Waals surface area contributed by atoms with Crippen molar-refractivity contribution in [2.45, 2.75) is 117 Å². The highest BCUT2D eigenvalue weighted by atomic mass is 14.8. The first-order chi connectivity index (χ1) is 10.4. The molecule has 0 radical (unpaired) electrons. The Balaban J connectivity index is 2.90. The summed E-state index contributed by atoms with van der Waals surface area (Å²) < 4.78 is 0. The second-order valence-electron chi connectivity index (χ2n) is 6.70. The first kappa shape index (κ1) is 21.0. The van der Waals surface area contributed by atoms with E-state index in [9.17, 15) is 0 Å². The lowest BCUT2D eigenvalue weighted by atomic mass is 10.0. The SMILES string of the molecule is CCCCCCCCCCCCCCCCCNCCC. The van der Waals surface area contributed by atoms with Gasteiger partial charge in [0.1, 0.15) is 0 Å². The quantitative estimate of drug-likeness (QED) is 0.273. The van der Waals surface area contributed by atoms with Gasteiger partial charge in [0.25, 0.3) is 0 Å². The fraction of sp³-hybridized carbons (Fsp3) is 1.00. The van der Waals surface area contributed by atoms with Gasteiger partial charge >= 0.3 is 0 Å². The molecule has 128 valence electrons. The van der Waals surface area contributed by atoms with E-state index >= 15 is 0 Å². The predicted molar refractivity (Wildman–Crippen MR) is 98.1 cm³/mol. The predicted octanol–water partition coefficient (Wildman–Crippen LogP) is 6.86. The fourth-order valence-electron chi connectivity index (χ4n) is 2.92. The highest BCUT2D eigenvalue weighted by molar-refractivity contribution is 4.51. The lowest BCUT2D eigenvalue weighted by Gasteiger charge is -2.04. The Kier molecular flexibility index (Phi) is 19.9. The van der Waals surface area contributed by atoms with Gasteiger partial charge in [0.05, 0.1) is 0 Å². The average molecular weight is 298 g/mol. The van der Waals surface area contributed by atoms with Gasteiger partial charge in [-0.15, -0.1) is 0 Å². The van der Waals surface area contributed by atoms with Gasteiger partial charge in [0.2, 0.25) is 0 Å². The number of unbranched alkanes of at least 4 members (excludes halogenated alkanes) is 14. The van der Waals surface area contributed by atoms with Crippen molar-refractivity contribution in [3.63, 3.8) is 0 Å². The van der Waals surface area contributed by atoms with Crippen LogP contribution in [0.3, 0.4) is 0 Å². The van der Waals surface area contributed by atoms with E-state index in [-0.39, 0.29) is 0 Å². The molecule has 0 heterocycles. The lowest BCUT2D eigenvalue weighted by molar-refractivity contribution is 0.527. The molecule has 0 saturated carbocycles. The number of hydrogen-bond donors (Lipinski definition) is 1. The Labute approximate surface area is 135 Å². The summed E-state index contributed by atoms with van der Waals surface area (Å²) in [6, 6.07) is 0. The molecule has 0 aliphatic heterocycles. The summed E-state index contributed by atoms with van der Waals surface area (Å²) in [5.41, 5.74) is 0. The topological polar surface area (TPSA) is 12.0 Å². The van der Waals surface area contributed by atoms with Crippen LogP contribution in [0, 0.1) is 0 Å². The summed E-state index contributed by atoms with van der Waals surface area (Å²) >= 11 is 0. The molecule has 0 aliphatic carbocycles. The second kappa shape index (κ2) is 20.0. The maximum Gasteiger partial charge on any atom is -0.00489 e. The molecule has 0 bridgehead atoms. The van der Waals surface area contributed by atoms with E-state index in [2.05, 4.69) is 19.2 Å². The number of rotatable bonds is 18. The van der Waals surface area contributed by atoms with Crippen molar-refractivity contribution in [1.82, 2.24) is 5.32 Å². The molecule has 1 nitrogen and oxygen atoms in total. The first-order valence-corrected chi connectivity index (χ1v) is 10.1. The first-order valence-electron chi connectivity index (χ1n) is 10.1. The van der Waals surface area contributed by atoms with Crippen molar-refractivity contribution in [2.75, 3.05) is 13.1 Å². The van der Waals surface area contributed by atoms with Crippen LogP contribution in [0.15, 0.2) is 0 Å². The van der Waals surface area contributed by atoms with Crippen LogP contribution in [0.1, 0.15) is 117 Å². The third-order valence-electron chi connectivity index (χ3n) is 4.38. The molecule has 0 aliphatic rings. The minimum atomic E-state index is 1.19. The van der Waals surface area contributed by atoms with Gasteiger partial charge in [-0.05, 0) is 25.9 Å². The zero-order valence-corrected chi connectivity index (χ0v) is 15.2. The molecule has 0 saturated heterocycles. The van der Waals surface area contributed by atoms with E-state index in [0.29, 0.717) is 0 Å². The number of hydrogen-bond acceptors (Lipinski definition) is 1. The van der Waals surface area contributed by atoms with Crippen molar-refractivity contribution >= 4 is 0 Å². The molecule has 0 amide bonds. The molecule has 0 unspecified atom stereocenters. The van der Waals surface area contributed by atoms with Gasteiger partial charge in [-0.1, -0.05) is 104 Å². The molecule has 1 N–H and O–H groups in total. The summed E-state index contributed by atoms with van der Waals surface area (Å²) in [6.45, 7) is 6.95. The summed E-state index contributed by atoms with van der Waals surface area (Å²) in [6.07, 6.45) is 23.1. The lowest BCUT2D eigenvalue weighted by Crippen LogP contribution is -2.15. The van der Waals surface area contributed by atoms with Crippen molar-refractivity contribution < 1.29 is 0 Å². The maximum absolute atomic E-state index is 3.48. The molecule has 0 aromatic heterocycles. The monoisotopic (exact) mass is 297 g/mol. The Morgan fingerprint density at radius 2 is 0.762 bits per heavy atom. The van der Waals surface area contributed by atoms with Gasteiger partial charge in [-0.3, -0.25) is 0 Å². The molecule has 1 heteroatoms. The third-order valence-corrected chi connectivity index (χ3v) is 4.38. The highest BCUT2D eigenvalue weighted by Gasteiger charge is 1.94. The smallest absolute Gasteiger partial charge is 0.00489 e. The summed E-state index contributed by atoms with van der Waals surface area (Å²) in [5.74, 6) is 0. The van der Waals surface area contributed by atoms with Crippen molar-refractivity contribution in [3.05, 3.63) is 0 Å². The largest absolute Gasteiger partial charge is 0.317 e. The highest BCUT2D eigenvalue weighted by Crippen LogP contribution is 2.13. The van der Waals surface area contributed by atoms with E-state index in [0.717, 1.165) is 0 Å². The molecule has 0 fully saturated rings. The molecule has 0 aromatic rings. The van der Waals surface area contributed by atoms with Crippen LogP contribution in [0.25, 0.3) is 0 Å². The van der Waals surface area contributed by atoms with Crippen molar-refractivity contribution in [1.29, 1.82) is 0 Å². The summed E-state index contributed by atoms with van der Waals surface area (Å²) in [4.78, 5) is 0. The van der Waals surface area contributed by atoms with Gasteiger partial charge in [-0.25, -0.2) is 0 Å². The average Bonchev–Trinajstić information content (AvgIpc) is 2.50. The molecule has 0 rings (SSSR count). The Hall–Kier alpha value is -0.0400. The molecule has 0 spiro atoms. The van der Waals surface area contributed by atoms with Crippen LogP contribution in [0.5, 0.6) is 0 Å². The van der Waals surface area contributed by atoms with E-state index in [1.807, 2.05) is 0 Å². The van der Waals surface area contributed by atoms with Crippen LogP contribution in [-0.2, 0) is 0 Å². The van der Waals surface area contributed by atoms with Crippen LogP contribution < -0.4 is 5.32 Å². The van der Waals surface area contributed by atoms with Gasteiger partial charge < -0.3 is 5.32 Å². The summed E-state index contributed by atoms with van der Waals surface area (Å²) in [5, 5.41) is 3.48. The van der Waals surface area contributed by atoms with Crippen molar-refractivity contribution in [2.24, 2.45) is 0 Å². The van der Waals surface area contributed by atoms with Crippen molar-refractivity contribution in [3.8, 4) is 0 Å². The van der Waals surface area contributed by atoms with E-state index < -0.39 is 0 Å². The Bertz CT molecular complexity index is 149. The van der Waals surface area contributed by atoms with E-state index in [1.54, 1.807) is 0 Å². The standard InChI is InChI=1S/C20H43N/c1-3-5-6-7-8-9-10-11-12-13-14-15-16-17-18-20-21-19-4-2/h21H,3-20H2,1-2H3. The Morgan fingerprint density at radius 1 is 0.381 bits per heavy atom. The maximum atomic E-state index is 3.48. The zero-order valence-electron chi connectivity index (χ0n) is 15.2. The van der Waals surface area contributed by atoms with E-state index in [1.165, 1.54) is 116 Å². The number of nitrogens with one attached hydrogen (secondary N) is 1. The van der Waals surface area contributed by atoms with E-state index in [4.69, 9.17) is 0 Å². The van der Waals surface area contributed by atoms with Crippen LogP contribution in [0.4, 0.5) is 0 Å². The second-order valence-corrected chi connectivity index (χ2v) is 6.70. The fourth-order valence-corrected chi connectivity index (χ4v) is 2.92. The summed E-state index contributed by atoms with van der Waals surface area (Å²) in [7, 11) is 0. The van der Waals surface area contributed by atoms with Gasteiger partial charge in [0.15, 0.2) is 0 Å². The molecule has 0 atom stereocenters. The minimum absolute atomic E-state index is 1.19. The molecule has 0 aromatic carbocycles. The minimum Gasteiger partial charge on any atom is -0.317 e. The molecule has 21 heavy (non-hydrogen) atoms. The van der Waals surface area contributed by atoms with Crippen LogP contribution >= 0.6 is 0 Å².